The van der Waals surface area contributed by atoms with Crippen molar-refractivity contribution < 1.29 is 14.3 Å². The fourth-order valence-corrected chi connectivity index (χ4v) is 4.21. The predicted molar refractivity (Wildman–Crippen MR) is 136 cm³/mol. The average molecular weight is 478 g/mol. The van der Waals surface area contributed by atoms with E-state index in [0.717, 1.165) is 24.3 Å². The summed E-state index contributed by atoms with van der Waals surface area (Å²) in [7, 11) is 0. The van der Waals surface area contributed by atoms with E-state index in [-0.39, 0.29) is 11.8 Å². The average Bonchev–Trinajstić information content (AvgIpc) is 2.88. The van der Waals surface area contributed by atoms with Crippen LogP contribution in [0.3, 0.4) is 0 Å². The van der Waals surface area contributed by atoms with E-state index in [1.807, 2.05) is 54.3 Å². The number of carbonyl (C=O) groups is 2. The summed E-state index contributed by atoms with van der Waals surface area (Å²) >= 11 is 6.53. The standard InChI is InChI=1S/C27H28ClN3O3/c1-2-26(32)31-16-14-30(15-17-31)25-13-10-22(18-24(25)28)29-27(33)21-8-11-23(12-9-21)34-19-20-6-4-3-5-7-20/h3-13,18H,2,14-17,19H2,1H3,(H,29,33). The number of benzene rings is 3. The van der Waals surface area contributed by atoms with Crippen molar-refractivity contribution in [3.8, 4) is 5.75 Å². The molecule has 1 aliphatic heterocycles. The number of rotatable bonds is 7. The van der Waals surface area contributed by atoms with Crippen LogP contribution in [-0.2, 0) is 11.4 Å². The van der Waals surface area contributed by atoms with Crippen LogP contribution in [0.4, 0.5) is 11.4 Å². The zero-order chi connectivity index (χ0) is 23.9. The Morgan fingerprint density at radius 2 is 1.65 bits per heavy atom. The van der Waals surface area contributed by atoms with E-state index in [1.54, 1.807) is 30.3 Å². The van der Waals surface area contributed by atoms with Gasteiger partial charge in [-0.25, -0.2) is 0 Å². The molecule has 4 rings (SSSR count). The van der Waals surface area contributed by atoms with Gasteiger partial charge in [-0.05, 0) is 48.0 Å². The van der Waals surface area contributed by atoms with Gasteiger partial charge < -0.3 is 19.9 Å². The lowest BCUT2D eigenvalue weighted by molar-refractivity contribution is -0.131. The van der Waals surface area contributed by atoms with Gasteiger partial charge in [-0.1, -0.05) is 48.9 Å². The second-order valence-electron chi connectivity index (χ2n) is 8.14. The maximum Gasteiger partial charge on any atom is 0.255 e. The largest absolute Gasteiger partial charge is 0.489 e. The molecule has 0 bridgehead atoms. The summed E-state index contributed by atoms with van der Waals surface area (Å²) in [5, 5.41) is 3.47. The third-order valence-electron chi connectivity index (χ3n) is 5.85. The summed E-state index contributed by atoms with van der Waals surface area (Å²) in [6.45, 7) is 5.19. The fraction of sp³-hybridized carbons (Fsp3) is 0.259. The summed E-state index contributed by atoms with van der Waals surface area (Å²) in [6.07, 6.45) is 0.526. The Kier molecular flexibility index (Phi) is 7.70. The molecule has 0 unspecified atom stereocenters. The van der Waals surface area contributed by atoms with Crippen LogP contribution in [0.1, 0.15) is 29.3 Å². The van der Waals surface area contributed by atoms with Crippen molar-refractivity contribution in [2.24, 2.45) is 0 Å². The Morgan fingerprint density at radius 3 is 2.29 bits per heavy atom. The summed E-state index contributed by atoms with van der Waals surface area (Å²) in [5.41, 5.74) is 3.15. The molecule has 3 aromatic carbocycles. The molecule has 1 fully saturated rings. The van der Waals surface area contributed by atoms with Crippen LogP contribution in [-0.4, -0.2) is 42.9 Å². The SMILES string of the molecule is CCC(=O)N1CCN(c2ccc(NC(=O)c3ccc(OCc4ccccc4)cc3)cc2Cl)CC1. The van der Waals surface area contributed by atoms with E-state index in [0.29, 0.717) is 48.1 Å². The first kappa shape index (κ1) is 23.6. The van der Waals surface area contributed by atoms with Crippen LogP contribution >= 0.6 is 11.6 Å². The highest BCUT2D eigenvalue weighted by Gasteiger charge is 2.21. The van der Waals surface area contributed by atoms with Gasteiger partial charge >= 0.3 is 0 Å². The molecule has 0 aromatic heterocycles. The third-order valence-corrected chi connectivity index (χ3v) is 6.15. The Hall–Kier alpha value is -3.51. The molecule has 176 valence electrons. The third kappa shape index (κ3) is 5.88. The number of anilines is 2. The summed E-state index contributed by atoms with van der Waals surface area (Å²) in [6, 6.07) is 22.5. The lowest BCUT2D eigenvalue weighted by Gasteiger charge is -2.36. The predicted octanol–water partition coefficient (Wildman–Crippen LogP) is 5.23. The summed E-state index contributed by atoms with van der Waals surface area (Å²) < 4.78 is 5.78. The maximum absolute atomic E-state index is 12.7. The molecule has 1 heterocycles. The van der Waals surface area contributed by atoms with Crippen molar-refractivity contribution in [1.29, 1.82) is 0 Å². The van der Waals surface area contributed by atoms with E-state index in [1.165, 1.54) is 0 Å². The van der Waals surface area contributed by atoms with E-state index in [9.17, 15) is 9.59 Å². The molecular weight excluding hydrogens is 450 g/mol. The van der Waals surface area contributed by atoms with Crippen molar-refractivity contribution in [3.05, 3.63) is 88.9 Å². The number of hydrogen-bond acceptors (Lipinski definition) is 4. The molecule has 0 spiro atoms. The number of carbonyl (C=O) groups excluding carboxylic acids is 2. The normalized spacial score (nSPS) is 13.5. The second kappa shape index (κ2) is 11.1. The number of nitrogens with one attached hydrogen (secondary N) is 1. The molecular formula is C27H28ClN3O3. The minimum Gasteiger partial charge on any atom is -0.489 e. The van der Waals surface area contributed by atoms with Gasteiger partial charge in [0.15, 0.2) is 0 Å². The fourth-order valence-electron chi connectivity index (χ4n) is 3.91. The van der Waals surface area contributed by atoms with Gasteiger partial charge in [-0.2, -0.15) is 0 Å². The molecule has 0 aliphatic carbocycles. The quantitative estimate of drug-likeness (QED) is 0.506. The Bertz CT molecular complexity index is 1130. The molecule has 0 atom stereocenters. The van der Waals surface area contributed by atoms with Gasteiger partial charge in [0.05, 0.1) is 10.7 Å². The lowest BCUT2D eigenvalue weighted by atomic mass is 10.2. The minimum absolute atomic E-state index is 0.180. The van der Waals surface area contributed by atoms with E-state index in [4.69, 9.17) is 16.3 Å². The monoisotopic (exact) mass is 477 g/mol. The van der Waals surface area contributed by atoms with Gasteiger partial charge in [-0.15, -0.1) is 0 Å². The topological polar surface area (TPSA) is 61.9 Å². The molecule has 1 N–H and O–H groups in total. The lowest BCUT2D eigenvalue weighted by Crippen LogP contribution is -2.48. The first-order chi connectivity index (χ1) is 16.5. The molecule has 1 aliphatic rings. The van der Waals surface area contributed by atoms with Crippen molar-refractivity contribution >= 4 is 34.8 Å². The minimum atomic E-state index is -0.217. The van der Waals surface area contributed by atoms with Crippen LogP contribution in [0, 0.1) is 0 Å². The van der Waals surface area contributed by atoms with Crippen LogP contribution in [0.2, 0.25) is 5.02 Å². The van der Waals surface area contributed by atoms with Crippen molar-refractivity contribution in [1.82, 2.24) is 4.90 Å². The number of halogens is 1. The highest BCUT2D eigenvalue weighted by atomic mass is 35.5. The van der Waals surface area contributed by atoms with Crippen LogP contribution in [0.5, 0.6) is 5.75 Å². The number of hydrogen-bond donors (Lipinski definition) is 1. The van der Waals surface area contributed by atoms with Gasteiger partial charge in [0.2, 0.25) is 5.91 Å². The van der Waals surface area contributed by atoms with Crippen molar-refractivity contribution in [2.45, 2.75) is 20.0 Å². The Labute approximate surface area is 205 Å². The molecule has 6 nitrogen and oxygen atoms in total. The zero-order valence-electron chi connectivity index (χ0n) is 19.2. The Balaban J connectivity index is 1.32. The van der Waals surface area contributed by atoms with Crippen LogP contribution in [0.15, 0.2) is 72.8 Å². The number of ether oxygens (including phenoxy) is 1. The van der Waals surface area contributed by atoms with E-state index < -0.39 is 0 Å². The Morgan fingerprint density at radius 1 is 0.941 bits per heavy atom. The molecule has 7 heteroatoms. The van der Waals surface area contributed by atoms with Gasteiger partial charge in [0.25, 0.3) is 5.91 Å². The van der Waals surface area contributed by atoms with E-state index in [2.05, 4.69) is 10.2 Å². The number of nitrogens with zero attached hydrogens (tertiary/aromatic N) is 2. The van der Waals surface area contributed by atoms with Crippen LogP contribution in [0.25, 0.3) is 0 Å². The van der Waals surface area contributed by atoms with Gasteiger partial charge in [-0.3, -0.25) is 9.59 Å². The highest BCUT2D eigenvalue weighted by Crippen LogP contribution is 2.30. The molecule has 0 saturated carbocycles. The molecule has 34 heavy (non-hydrogen) atoms. The first-order valence-electron chi connectivity index (χ1n) is 11.4. The first-order valence-corrected chi connectivity index (χ1v) is 11.8. The molecule has 0 radical (unpaired) electrons. The second-order valence-corrected chi connectivity index (χ2v) is 8.55. The van der Waals surface area contributed by atoms with Crippen molar-refractivity contribution in [3.63, 3.8) is 0 Å². The number of piperazine rings is 1. The maximum atomic E-state index is 12.7. The van der Waals surface area contributed by atoms with Gasteiger partial charge in [0.1, 0.15) is 12.4 Å². The highest BCUT2D eigenvalue weighted by molar-refractivity contribution is 6.33. The number of amides is 2. The summed E-state index contributed by atoms with van der Waals surface area (Å²) in [4.78, 5) is 28.6. The van der Waals surface area contributed by atoms with Crippen LogP contribution < -0.4 is 15.0 Å². The van der Waals surface area contributed by atoms with E-state index >= 15 is 0 Å². The van der Waals surface area contributed by atoms with Gasteiger partial charge in [0, 0.05) is 43.9 Å². The molecule has 3 aromatic rings. The summed E-state index contributed by atoms with van der Waals surface area (Å²) in [5.74, 6) is 0.665. The molecule has 1 saturated heterocycles. The molecule has 2 amide bonds. The smallest absolute Gasteiger partial charge is 0.255 e. The van der Waals surface area contributed by atoms with Crippen molar-refractivity contribution in [2.75, 3.05) is 36.4 Å². The zero-order valence-corrected chi connectivity index (χ0v) is 19.9.